The van der Waals surface area contributed by atoms with Gasteiger partial charge in [-0.15, -0.1) is 4.83 Å². The lowest BCUT2D eigenvalue weighted by atomic mass is 11.3. The molecule has 6 heavy (non-hydrogen) atoms. The fourth-order valence-electron chi connectivity index (χ4n) is 0.142. The van der Waals surface area contributed by atoms with Gasteiger partial charge < -0.3 is 4.18 Å². The molecule has 0 aromatic heterocycles. The average Bonchev–Trinajstić information content (AvgIpc) is 1.86. The van der Waals surface area contributed by atoms with Crippen molar-refractivity contribution < 1.29 is 8.98 Å². The zero-order valence-corrected chi connectivity index (χ0v) is 3.54. The molecule has 0 bridgehead atoms. The van der Waals surface area contributed by atoms with Gasteiger partial charge in [0.25, 0.3) is 0 Å². The summed E-state index contributed by atoms with van der Waals surface area (Å²) in [6.07, 6.45) is -0.444. The number of hydrogen-bond acceptors (Lipinski definition) is 4. The molecule has 0 aromatic carbocycles. The molecule has 0 spiro atoms. The third-order valence-corrected chi connectivity index (χ3v) is 0.732. The number of nitrogens with one attached hydrogen (secondary N) is 2. The third-order valence-electron chi connectivity index (χ3n) is 0.312. The summed E-state index contributed by atoms with van der Waals surface area (Å²) in [7, 11) is 0. The molecule has 1 heterocycles. The number of amides is 1. The van der Waals surface area contributed by atoms with Gasteiger partial charge in [-0.2, -0.15) is 0 Å². The van der Waals surface area contributed by atoms with E-state index in [1.54, 1.807) is 0 Å². The minimum atomic E-state index is -0.444. The molecule has 0 atom stereocenters. The summed E-state index contributed by atoms with van der Waals surface area (Å²) in [6.45, 7) is 0. The number of rotatable bonds is 0. The van der Waals surface area contributed by atoms with Crippen LogP contribution in [0, 0.1) is 0 Å². The van der Waals surface area contributed by atoms with Gasteiger partial charge in [-0.1, -0.05) is 0 Å². The van der Waals surface area contributed by atoms with E-state index in [1.165, 1.54) is 0 Å². The Balaban J connectivity index is 2.37. The fourth-order valence-corrected chi connectivity index (χ4v) is 0.426. The van der Waals surface area contributed by atoms with Crippen LogP contribution in [-0.4, -0.2) is 6.09 Å². The number of carbonyl (C=O) groups excluding carboxylic acids is 1. The first kappa shape index (κ1) is 3.76. The van der Waals surface area contributed by atoms with Crippen LogP contribution in [-0.2, 0) is 4.18 Å². The Hall–Kier alpha value is -0.420. The van der Waals surface area contributed by atoms with Crippen LogP contribution in [0.2, 0.25) is 0 Å². The summed E-state index contributed by atoms with van der Waals surface area (Å²) in [4.78, 5) is 12.2. The topological polar surface area (TPSA) is 50.4 Å². The van der Waals surface area contributed by atoms with Crippen LogP contribution in [0.3, 0.4) is 0 Å². The van der Waals surface area contributed by atoms with Gasteiger partial charge in [0.2, 0.25) is 0 Å². The lowest BCUT2D eigenvalue weighted by molar-refractivity contribution is 0.214. The van der Waals surface area contributed by atoms with Crippen LogP contribution in [0.4, 0.5) is 4.79 Å². The predicted molar refractivity (Wildman–Crippen MR) is 20.3 cm³/mol. The van der Waals surface area contributed by atoms with Crippen LogP contribution >= 0.6 is 12.2 Å². The molecule has 1 aliphatic heterocycles. The zero-order chi connectivity index (χ0) is 4.41. The monoisotopic (exact) mass is 106 g/mol. The van der Waals surface area contributed by atoms with Gasteiger partial charge in [0.1, 0.15) is 0 Å². The van der Waals surface area contributed by atoms with E-state index in [0.717, 1.165) is 12.2 Å². The molecule has 34 valence electrons. The average molecular weight is 106 g/mol. The molecule has 1 saturated heterocycles. The first-order valence-electron chi connectivity index (χ1n) is 1.28. The molecule has 1 fully saturated rings. The zero-order valence-electron chi connectivity index (χ0n) is 2.72. The SMILES string of the molecule is O=C1NNSO1. The van der Waals surface area contributed by atoms with Crippen molar-refractivity contribution >= 4 is 18.3 Å². The van der Waals surface area contributed by atoms with E-state index in [-0.39, 0.29) is 0 Å². The maximum absolute atomic E-state index is 9.83. The van der Waals surface area contributed by atoms with E-state index in [0.29, 0.717) is 0 Å². The van der Waals surface area contributed by atoms with Crippen LogP contribution in [0.1, 0.15) is 0 Å². The quantitative estimate of drug-likeness (QED) is 0.331. The fraction of sp³-hybridized carbons (Fsp3) is 0. The molecule has 0 radical (unpaired) electrons. The van der Waals surface area contributed by atoms with Crippen LogP contribution < -0.4 is 10.3 Å². The smallest absolute Gasteiger partial charge is 0.356 e. The maximum Gasteiger partial charge on any atom is 0.435 e. The van der Waals surface area contributed by atoms with Gasteiger partial charge in [0, 0.05) is 0 Å². The van der Waals surface area contributed by atoms with Crippen molar-refractivity contribution in [2.75, 3.05) is 0 Å². The Morgan fingerprint density at radius 1 is 1.83 bits per heavy atom. The highest BCUT2D eigenvalue weighted by molar-refractivity contribution is 7.93. The Morgan fingerprint density at radius 2 is 2.67 bits per heavy atom. The Morgan fingerprint density at radius 3 is 2.83 bits per heavy atom. The van der Waals surface area contributed by atoms with Crippen molar-refractivity contribution in [3.63, 3.8) is 0 Å². The summed E-state index contributed by atoms with van der Waals surface area (Å²) >= 11 is 0.872. The van der Waals surface area contributed by atoms with Crippen molar-refractivity contribution in [1.82, 2.24) is 10.3 Å². The normalized spacial score (nSPS) is 19.7. The summed E-state index contributed by atoms with van der Waals surface area (Å²) in [5, 5.41) is 0. The number of carbonyl (C=O) groups is 1. The van der Waals surface area contributed by atoms with Crippen molar-refractivity contribution in [3.8, 4) is 0 Å². The summed E-state index contributed by atoms with van der Waals surface area (Å²) in [6, 6.07) is 0. The second-order valence-corrected chi connectivity index (χ2v) is 1.22. The summed E-state index contributed by atoms with van der Waals surface area (Å²) in [5.41, 5.74) is 2.17. The van der Waals surface area contributed by atoms with Crippen molar-refractivity contribution in [2.24, 2.45) is 0 Å². The lowest BCUT2D eigenvalue weighted by Crippen LogP contribution is -2.21. The van der Waals surface area contributed by atoms with E-state index < -0.39 is 6.09 Å². The third kappa shape index (κ3) is 0.550. The molecule has 1 amide bonds. The molecule has 0 unspecified atom stereocenters. The van der Waals surface area contributed by atoms with Gasteiger partial charge in [0.15, 0.2) is 12.2 Å². The van der Waals surface area contributed by atoms with E-state index >= 15 is 0 Å². The Kier molecular flexibility index (Phi) is 0.849. The molecule has 0 saturated carbocycles. The number of hydrogen-bond donors (Lipinski definition) is 2. The molecule has 0 aliphatic carbocycles. The molecule has 1 aliphatic rings. The number of hydrazine groups is 1. The first-order valence-corrected chi connectivity index (χ1v) is 2.02. The lowest BCUT2D eigenvalue weighted by Gasteiger charge is -1.75. The van der Waals surface area contributed by atoms with Crippen LogP contribution in [0.25, 0.3) is 0 Å². The van der Waals surface area contributed by atoms with Crippen LogP contribution in [0.15, 0.2) is 0 Å². The van der Waals surface area contributed by atoms with Crippen molar-refractivity contribution in [1.29, 1.82) is 0 Å². The second-order valence-electron chi connectivity index (χ2n) is 0.681. The largest absolute Gasteiger partial charge is 0.435 e. The van der Waals surface area contributed by atoms with E-state index in [9.17, 15) is 4.79 Å². The Bertz CT molecular complexity index is 65.9. The van der Waals surface area contributed by atoms with Gasteiger partial charge >= 0.3 is 6.09 Å². The molecule has 5 heteroatoms. The van der Waals surface area contributed by atoms with Crippen molar-refractivity contribution in [3.05, 3.63) is 0 Å². The highest BCUT2D eigenvalue weighted by atomic mass is 32.2. The molecule has 4 nitrogen and oxygen atoms in total. The standard InChI is InChI=1S/CH2N2O2S/c4-1-2-3-6-5-1/h3H,(H,2,4). The molecular weight excluding hydrogens is 104 g/mol. The van der Waals surface area contributed by atoms with Crippen molar-refractivity contribution in [2.45, 2.75) is 0 Å². The Labute approximate surface area is 38.5 Å². The van der Waals surface area contributed by atoms with Gasteiger partial charge in [0.05, 0.1) is 0 Å². The highest BCUT2D eigenvalue weighted by Gasteiger charge is 2.07. The minimum absolute atomic E-state index is 0.444. The predicted octanol–water partition coefficient (Wildman–Crippen LogP) is -0.206. The molecule has 0 aromatic rings. The maximum atomic E-state index is 9.83. The van der Waals surface area contributed by atoms with Gasteiger partial charge in [-0.3, -0.25) is 0 Å². The highest BCUT2D eigenvalue weighted by Crippen LogP contribution is 1.98. The van der Waals surface area contributed by atoms with E-state index in [2.05, 4.69) is 14.4 Å². The van der Waals surface area contributed by atoms with Gasteiger partial charge in [-0.05, 0) is 0 Å². The minimum Gasteiger partial charge on any atom is -0.356 e. The summed E-state index contributed by atoms with van der Waals surface area (Å²) < 4.78 is 4.21. The van der Waals surface area contributed by atoms with Gasteiger partial charge in [-0.25, -0.2) is 10.2 Å². The van der Waals surface area contributed by atoms with E-state index in [1.807, 2.05) is 0 Å². The van der Waals surface area contributed by atoms with E-state index in [4.69, 9.17) is 0 Å². The molecular formula is CH2N2O2S. The summed E-state index contributed by atoms with van der Waals surface area (Å²) in [5.74, 6) is 0. The molecule has 2 N–H and O–H groups in total. The van der Waals surface area contributed by atoms with Crippen LogP contribution in [0.5, 0.6) is 0 Å². The second kappa shape index (κ2) is 1.36. The molecule has 1 rings (SSSR count). The first-order chi connectivity index (χ1) is 2.89.